The van der Waals surface area contributed by atoms with E-state index < -0.39 is 0 Å². The molecule has 0 bridgehead atoms. The van der Waals surface area contributed by atoms with Gasteiger partial charge in [0.15, 0.2) is 0 Å². The summed E-state index contributed by atoms with van der Waals surface area (Å²) in [6.07, 6.45) is 6.38. The first-order chi connectivity index (χ1) is 9.81. The summed E-state index contributed by atoms with van der Waals surface area (Å²) in [5, 5.41) is 0. The quantitative estimate of drug-likeness (QED) is 0.837. The Bertz CT molecular complexity index is 556. The lowest BCUT2D eigenvalue weighted by molar-refractivity contribution is 0.200. The number of piperidine rings is 1. The molecule has 1 aliphatic rings. The van der Waals surface area contributed by atoms with Crippen molar-refractivity contribution < 1.29 is 0 Å². The molecule has 1 unspecified atom stereocenters. The zero-order valence-electron chi connectivity index (χ0n) is 11.5. The zero-order valence-corrected chi connectivity index (χ0v) is 13.1. The van der Waals surface area contributed by atoms with Crippen LogP contribution >= 0.6 is 15.9 Å². The highest BCUT2D eigenvalue weighted by molar-refractivity contribution is 9.10. The molecule has 20 heavy (non-hydrogen) atoms. The summed E-state index contributed by atoms with van der Waals surface area (Å²) < 4.78 is 1.18. The van der Waals surface area contributed by atoms with Gasteiger partial charge in [-0.25, -0.2) is 0 Å². The van der Waals surface area contributed by atoms with Crippen LogP contribution in [-0.2, 0) is 6.54 Å². The van der Waals surface area contributed by atoms with E-state index in [0.29, 0.717) is 5.92 Å². The molecule has 1 aromatic carbocycles. The molecule has 1 atom stereocenters. The number of nitrogens with zero attached hydrogens (tertiary/aromatic N) is 2. The summed E-state index contributed by atoms with van der Waals surface area (Å²) in [4.78, 5) is 6.75. The zero-order chi connectivity index (χ0) is 13.8. The van der Waals surface area contributed by atoms with Crippen LogP contribution in [0.1, 0.15) is 29.9 Å². The van der Waals surface area contributed by atoms with Crippen molar-refractivity contribution in [2.45, 2.75) is 25.3 Å². The van der Waals surface area contributed by atoms with E-state index in [1.165, 1.54) is 35.0 Å². The van der Waals surface area contributed by atoms with Crippen molar-refractivity contribution >= 4 is 15.9 Å². The van der Waals surface area contributed by atoms with Crippen molar-refractivity contribution in [3.8, 4) is 0 Å². The van der Waals surface area contributed by atoms with Crippen LogP contribution in [0.15, 0.2) is 53.3 Å². The van der Waals surface area contributed by atoms with E-state index in [9.17, 15) is 0 Å². The van der Waals surface area contributed by atoms with Crippen LogP contribution in [-0.4, -0.2) is 23.0 Å². The minimum absolute atomic E-state index is 0.651. The fourth-order valence-electron chi connectivity index (χ4n) is 2.98. The van der Waals surface area contributed by atoms with Crippen molar-refractivity contribution in [1.29, 1.82) is 0 Å². The molecule has 0 radical (unpaired) electrons. The lowest BCUT2D eigenvalue weighted by atomic mass is 9.90. The Morgan fingerprint density at radius 2 is 2.20 bits per heavy atom. The largest absolute Gasteiger partial charge is 0.298 e. The van der Waals surface area contributed by atoms with E-state index in [1.54, 1.807) is 0 Å². The van der Waals surface area contributed by atoms with Crippen molar-refractivity contribution in [2.75, 3.05) is 13.1 Å². The number of halogens is 1. The molecule has 0 amide bonds. The van der Waals surface area contributed by atoms with Crippen molar-refractivity contribution in [3.05, 3.63) is 64.4 Å². The Balaban J connectivity index is 1.67. The molecule has 2 nitrogen and oxygen atoms in total. The van der Waals surface area contributed by atoms with E-state index in [2.05, 4.69) is 56.1 Å². The van der Waals surface area contributed by atoms with Gasteiger partial charge < -0.3 is 0 Å². The molecular formula is C17H19BrN2. The Kier molecular flexibility index (Phi) is 4.48. The number of pyridine rings is 1. The maximum absolute atomic E-state index is 4.21. The van der Waals surface area contributed by atoms with E-state index in [4.69, 9.17) is 0 Å². The molecule has 0 N–H and O–H groups in total. The summed E-state index contributed by atoms with van der Waals surface area (Å²) in [5.41, 5.74) is 2.76. The Hall–Kier alpha value is -1.19. The molecule has 1 aliphatic heterocycles. The topological polar surface area (TPSA) is 16.1 Å². The third kappa shape index (κ3) is 3.47. The first kappa shape index (κ1) is 13.8. The molecule has 3 rings (SSSR count). The number of hydrogen-bond acceptors (Lipinski definition) is 2. The molecule has 0 spiro atoms. The predicted molar refractivity (Wildman–Crippen MR) is 85.6 cm³/mol. The second kappa shape index (κ2) is 6.51. The van der Waals surface area contributed by atoms with E-state index in [0.717, 1.165) is 13.1 Å². The number of hydrogen-bond donors (Lipinski definition) is 0. The molecular weight excluding hydrogens is 312 g/mol. The van der Waals surface area contributed by atoms with Gasteiger partial charge in [0.1, 0.15) is 0 Å². The molecule has 3 heteroatoms. The summed E-state index contributed by atoms with van der Waals surface area (Å²) in [5.74, 6) is 0.651. The molecule has 2 aromatic rings. The lowest BCUT2D eigenvalue weighted by Gasteiger charge is -2.33. The van der Waals surface area contributed by atoms with Gasteiger partial charge in [-0.05, 0) is 54.6 Å². The second-order valence-electron chi connectivity index (χ2n) is 5.49. The number of benzene rings is 1. The second-order valence-corrected chi connectivity index (χ2v) is 6.41. The Labute approximate surface area is 129 Å². The summed E-state index contributed by atoms with van der Waals surface area (Å²) in [6.45, 7) is 3.35. The SMILES string of the molecule is Brc1cccc(C2CCCN(Cc3cccnc3)C2)c1. The number of rotatable bonds is 3. The minimum atomic E-state index is 0.651. The van der Waals surface area contributed by atoms with Gasteiger partial charge in [0, 0.05) is 30.0 Å². The van der Waals surface area contributed by atoms with Crippen LogP contribution in [0.2, 0.25) is 0 Å². The van der Waals surface area contributed by atoms with E-state index in [1.807, 2.05) is 18.5 Å². The van der Waals surface area contributed by atoms with Gasteiger partial charge in [-0.3, -0.25) is 9.88 Å². The number of aromatic nitrogens is 1. The number of likely N-dealkylation sites (tertiary alicyclic amines) is 1. The molecule has 0 saturated carbocycles. The molecule has 0 aliphatic carbocycles. The van der Waals surface area contributed by atoms with Gasteiger partial charge in [-0.2, -0.15) is 0 Å². The summed E-state index contributed by atoms with van der Waals surface area (Å²) in [7, 11) is 0. The minimum Gasteiger partial charge on any atom is -0.298 e. The van der Waals surface area contributed by atoms with Gasteiger partial charge in [-0.1, -0.05) is 34.1 Å². The molecule has 1 aromatic heterocycles. The van der Waals surface area contributed by atoms with Gasteiger partial charge in [0.25, 0.3) is 0 Å². The van der Waals surface area contributed by atoms with Gasteiger partial charge in [-0.15, -0.1) is 0 Å². The normalized spacial score (nSPS) is 19.9. The monoisotopic (exact) mass is 330 g/mol. The average molecular weight is 331 g/mol. The average Bonchev–Trinajstić information content (AvgIpc) is 2.49. The van der Waals surface area contributed by atoms with Crippen LogP contribution in [0.4, 0.5) is 0 Å². The van der Waals surface area contributed by atoms with E-state index >= 15 is 0 Å². The van der Waals surface area contributed by atoms with E-state index in [-0.39, 0.29) is 0 Å². The highest BCUT2D eigenvalue weighted by atomic mass is 79.9. The first-order valence-corrected chi connectivity index (χ1v) is 7.97. The fourth-order valence-corrected chi connectivity index (χ4v) is 3.40. The third-order valence-electron chi connectivity index (χ3n) is 3.95. The third-order valence-corrected chi connectivity index (χ3v) is 4.45. The highest BCUT2D eigenvalue weighted by Crippen LogP contribution is 2.29. The van der Waals surface area contributed by atoms with Crippen molar-refractivity contribution in [1.82, 2.24) is 9.88 Å². The van der Waals surface area contributed by atoms with Gasteiger partial charge >= 0.3 is 0 Å². The van der Waals surface area contributed by atoms with Crippen LogP contribution in [0.3, 0.4) is 0 Å². The lowest BCUT2D eigenvalue weighted by Crippen LogP contribution is -2.33. The van der Waals surface area contributed by atoms with Crippen molar-refractivity contribution in [3.63, 3.8) is 0 Å². The summed E-state index contributed by atoms with van der Waals surface area (Å²) in [6, 6.07) is 12.9. The van der Waals surface area contributed by atoms with Gasteiger partial charge in [0.2, 0.25) is 0 Å². The van der Waals surface area contributed by atoms with Crippen LogP contribution in [0.5, 0.6) is 0 Å². The summed E-state index contributed by atoms with van der Waals surface area (Å²) >= 11 is 3.58. The van der Waals surface area contributed by atoms with Crippen molar-refractivity contribution in [2.24, 2.45) is 0 Å². The Morgan fingerprint density at radius 3 is 3.00 bits per heavy atom. The predicted octanol–water partition coefficient (Wildman–Crippen LogP) is 4.22. The molecule has 1 fully saturated rings. The van der Waals surface area contributed by atoms with Crippen LogP contribution in [0, 0.1) is 0 Å². The molecule has 1 saturated heterocycles. The molecule has 2 heterocycles. The standard InChI is InChI=1S/C17H19BrN2/c18-17-7-1-5-15(10-17)16-6-3-9-20(13-16)12-14-4-2-8-19-11-14/h1-2,4-5,7-8,10-11,16H,3,6,9,12-13H2. The Morgan fingerprint density at radius 1 is 1.25 bits per heavy atom. The van der Waals surface area contributed by atoms with Crippen LogP contribution in [0.25, 0.3) is 0 Å². The van der Waals surface area contributed by atoms with Crippen LogP contribution < -0.4 is 0 Å². The maximum Gasteiger partial charge on any atom is 0.0312 e. The maximum atomic E-state index is 4.21. The first-order valence-electron chi connectivity index (χ1n) is 7.18. The highest BCUT2D eigenvalue weighted by Gasteiger charge is 2.21. The fraction of sp³-hybridized carbons (Fsp3) is 0.353. The smallest absolute Gasteiger partial charge is 0.0312 e. The molecule has 104 valence electrons. The van der Waals surface area contributed by atoms with Gasteiger partial charge in [0.05, 0.1) is 0 Å².